The van der Waals surface area contributed by atoms with Crippen LogP contribution in [-0.2, 0) is 16.1 Å². The molecule has 0 aliphatic carbocycles. The summed E-state index contributed by atoms with van der Waals surface area (Å²) in [6, 6.07) is 12.1. The summed E-state index contributed by atoms with van der Waals surface area (Å²) < 4.78 is 9.75. The van der Waals surface area contributed by atoms with Gasteiger partial charge in [0.05, 0.1) is 19.3 Å². The molecule has 2 N–H and O–H groups in total. The van der Waals surface area contributed by atoms with Crippen molar-refractivity contribution in [2.75, 3.05) is 33.0 Å². The highest BCUT2D eigenvalue weighted by Gasteiger charge is 2.11. The predicted octanol–water partition coefficient (Wildman–Crippen LogP) is 3.58. The number of methoxy groups -OCH3 is 1. The Morgan fingerprint density at radius 2 is 1.66 bits per heavy atom. The first-order valence-corrected chi connectivity index (χ1v) is 9.71. The third-order valence-electron chi connectivity index (χ3n) is 3.43. The average Bonchev–Trinajstić information content (AvgIpc) is 2.75. The largest absolute Gasteiger partial charge is 0.482 e. The second-order valence-electron chi connectivity index (χ2n) is 5.54. The van der Waals surface area contributed by atoms with Crippen LogP contribution in [0.15, 0.2) is 42.5 Å². The van der Waals surface area contributed by atoms with E-state index in [1.165, 1.54) is 7.11 Å². The molecule has 0 radical (unpaired) electrons. The maximum atomic E-state index is 12.3. The van der Waals surface area contributed by atoms with Crippen LogP contribution in [0.2, 0.25) is 0 Å². The van der Waals surface area contributed by atoms with Gasteiger partial charge in [-0.1, -0.05) is 33.8 Å². The van der Waals surface area contributed by atoms with E-state index >= 15 is 0 Å². The Balaban J connectivity index is 0.00000184. The van der Waals surface area contributed by atoms with Crippen LogP contribution in [0.1, 0.15) is 43.7 Å². The highest BCUT2D eigenvalue weighted by Crippen LogP contribution is 2.13. The van der Waals surface area contributed by atoms with Gasteiger partial charge in [0.25, 0.3) is 0 Å². The molecule has 0 aliphatic rings. The molecule has 0 spiro atoms. The lowest BCUT2D eigenvalue weighted by Gasteiger charge is -2.15. The van der Waals surface area contributed by atoms with E-state index in [9.17, 15) is 9.59 Å². The SMILES string of the molecule is CC.CC.COC(=O)COc1ccc(C(=O)CN(C)Cc2cccc(N)n2)cc1. The number of nitrogens with two attached hydrogens (primary N) is 1. The van der Waals surface area contributed by atoms with Crippen molar-refractivity contribution >= 4 is 17.6 Å². The molecular formula is C22H33N3O4. The van der Waals surface area contributed by atoms with Gasteiger partial charge < -0.3 is 15.2 Å². The third kappa shape index (κ3) is 10.3. The molecular weight excluding hydrogens is 370 g/mol. The maximum absolute atomic E-state index is 12.3. The second-order valence-corrected chi connectivity index (χ2v) is 5.54. The Bertz CT molecular complexity index is 733. The number of esters is 1. The van der Waals surface area contributed by atoms with Crippen LogP contribution in [0.25, 0.3) is 0 Å². The Kier molecular flexibility index (Phi) is 13.5. The number of hydrogen-bond acceptors (Lipinski definition) is 7. The monoisotopic (exact) mass is 403 g/mol. The number of Topliss-reactive ketones (excluding diaryl/α,β-unsaturated/α-hetero) is 1. The average molecular weight is 404 g/mol. The third-order valence-corrected chi connectivity index (χ3v) is 3.43. The lowest BCUT2D eigenvalue weighted by Crippen LogP contribution is -2.26. The van der Waals surface area contributed by atoms with Gasteiger partial charge in [0.2, 0.25) is 0 Å². The summed E-state index contributed by atoms with van der Waals surface area (Å²) in [5.41, 5.74) is 7.03. The zero-order valence-electron chi connectivity index (χ0n) is 18.3. The van der Waals surface area contributed by atoms with Crippen LogP contribution in [0.3, 0.4) is 0 Å². The number of carbonyl (C=O) groups is 2. The van der Waals surface area contributed by atoms with Crippen molar-refractivity contribution in [1.29, 1.82) is 0 Å². The van der Waals surface area contributed by atoms with Crippen molar-refractivity contribution in [3.63, 3.8) is 0 Å². The number of aromatic nitrogens is 1. The minimum Gasteiger partial charge on any atom is -0.482 e. The predicted molar refractivity (Wildman–Crippen MR) is 116 cm³/mol. The lowest BCUT2D eigenvalue weighted by molar-refractivity contribution is -0.142. The van der Waals surface area contributed by atoms with Gasteiger partial charge in [0, 0.05) is 12.1 Å². The molecule has 0 saturated carbocycles. The van der Waals surface area contributed by atoms with Gasteiger partial charge in [-0.3, -0.25) is 9.69 Å². The van der Waals surface area contributed by atoms with Gasteiger partial charge in [-0.15, -0.1) is 0 Å². The first kappa shape index (κ1) is 26.1. The Morgan fingerprint density at radius 3 is 2.21 bits per heavy atom. The molecule has 0 unspecified atom stereocenters. The number of hydrogen-bond donors (Lipinski definition) is 1. The summed E-state index contributed by atoms with van der Waals surface area (Å²) in [5, 5.41) is 0. The highest BCUT2D eigenvalue weighted by molar-refractivity contribution is 5.97. The van der Waals surface area contributed by atoms with E-state index in [-0.39, 0.29) is 18.9 Å². The molecule has 0 atom stereocenters. The number of benzene rings is 1. The summed E-state index contributed by atoms with van der Waals surface area (Å²) in [7, 11) is 3.14. The standard InChI is InChI=1S/C18H21N3O4.2C2H6/c1-21(10-14-4-3-5-17(19)20-14)11-16(22)13-6-8-15(9-7-13)25-12-18(23)24-2;2*1-2/h3-9H,10-12H2,1-2H3,(H2,19,20);2*1-2H3. The first-order valence-electron chi connectivity index (χ1n) is 9.71. The van der Waals surface area contributed by atoms with Gasteiger partial charge in [0.1, 0.15) is 11.6 Å². The number of ketones is 1. The van der Waals surface area contributed by atoms with E-state index < -0.39 is 5.97 Å². The van der Waals surface area contributed by atoms with E-state index in [4.69, 9.17) is 10.5 Å². The van der Waals surface area contributed by atoms with Crippen molar-refractivity contribution < 1.29 is 19.1 Å². The number of rotatable bonds is 8. The number of carbonyl (C=O) groups excluding carboxylic acids is 2. The maximum Gasteiger partial charge on any atom is 0.343 e. The van der Waals surface area contributed by atoms with E-state index in [0.29, 0.717) is 23.7 Å². The highest BCUT2D eigenvalue weighted by atomic mass is 16.6. The number of pyridine rings is 1. The van der Waals surface area contributed by atoms with E-state index in [1.54, 1.807) is 30.3 Å². The number of nitrogen functional groups attached to an aromatic ring is 1. The van der Waals surface area contributed by atoms with E-state index in [0.717, 1.165) is 5.69 Å². The molecule has 0 saturated heterocycles. The van der Waals surface area contributed by atoms with Gasteiger partial charge >= 0.3 is 5.97 Å². The molecule has 7 nitrogen and oxygen atoms in total. The molecule has 29 heavy (non-hydrogen) atoms. The van der Waals surface area contributed by atoms with Crippen LogP contribution in [0.5, 0.6) is 5.75 Å². The normalized spacial score (nSPS) is 9.48. The number of likely N-dealkylation sites (N-methyl/N-ethyl adjacent to an activating group) is 1. The molecule has 0 amide bonds. The van der Waals surface area contributed by atoms with Gasteiger partial charge in [-0.2, -0.15) is 0 Å². The number of nitrogens with zero attached hydrogens (tertiary/aromatic N) is 2. The van der Waals surface area contributed by atoms with Crippen molar-refractivity contribution in [3.8, 4) is 5.75 Å². The number of anilines is 1. The fraction of sp³-hybridized carbons (Fsp3) is 0.409. The molecule has 1 aromatic carbocycles. The molecule has 1 aromatic heterocycles. The van der Waals surface area contributed by atoms with Gasteiger partial charge in [0.15, 0.2) is 12.4 Å². The van der Waals surface area contributed by atoms with Crippen molar-refractivity contribution in [2.24, 2.45) is 0 Å². The van der Waals surface area contributed by atoms with E-state index in [2.05, 4.69) is 9.72 Å². The molecule has 160 valence electrons. The second kappa shape index (κ2) is 15.0. The molecule has 2 rings (SSSR count). The molecule has 0 bridgehead atoms. The minimum atomic E-state index is -0.461. The summed E-state index contributed by atoms with van der Waals surface area (Å²) in [5.74, 6) is 0.474. The Hall–Kier alpha value is -2.93. The van der Waals surface area contributed by atoms with Crippen LogP contribution in [0.4, 0.5) is 5.82 Å². The summed E-state index contributed by atoms with van der Waals surface area (Å²) in [6.07, 6.45) is 0. The van der Waals surface area contributed by atoms with Crippen molar-refractivity contribution in [1.82, 2.24) is 9.88 Å². The van der Waals surface area contributed by atoms with Crippen LogP contribution >= 0.6 is 0 Å². The fourth-order valence-electron chi connectivity index (χ4n) is 2.19. The minimum absolute atomic E-state index is 0.0223. The lowest BCUT2D eigenvalue weighted by atomic mass is 10.1. The van der Waals surface area contributed by atoms with Crippen molar-refractivity contribution in [3.05, 3.63) is 53.7 Å². The molecule has 7 heteroatoms. The fourth-order valence-corrected chi connectivity index (χ4v) is 2.19. The number of ether oxygens (including phenoxy) is 2. The summed E-state index contributed by atoms with van der Waals surface area (Å²) >= 11 is 0. The topological polar surface area (TPSA) is 94.8 Å². The first-order chi connectivity index (χ1) is 14.0. The zero-order valence-corrected chi connectivity index (χ0v) is 18.3. The van der Waals surface area contributed by atoms with Gasteiger partial charge in [-0.05, 0) is 43.4 Å². The van der Waals surface area contributed by atoms with Gasteiger partial charge in [-0.25, -0.2) is 9.78 Å². The Labute approximate surface area is 173 Å². The summed E-state index contributed by atoms with van der Waals surface area (Å²) in [6.45, 7) is 8.61. The molecule has 1 heterocycles. The van der Waals surface area contributed by atoms with Crippen LogP contribution in [0, 0.1) is 0 Å². The van der Waals surface area contributed by atoms with E-state index in [1.807, 2.05) is 51.8 Å². The smallest absolute Gasteiger partial charge is 0.343 e. The molecule has 2 aromatic rings. The summed E-state index contributed by atoms with van der Waals surface area (Å²) in [4.78, 5) is 29.5. The van der Waals surface area contributed by atoms with Crippen molar-refractivity contribution in [2.45, 2.75) is 34.2 Å². The van der Waals surface area contributed by atoms with Crippen LogP contribution < -0.4 is 10.5 Å². The Morgan fingerprint density at radius 1 is 1.03 bits per heavy atom. The zero-order chi connectivity index (χ0) is 22.2. The molecule has 0 aliphatic heterocycles. The quantitative estimate of drug-likeness (QED) is 0.532. The molecule has 0 fully saturated rings. The van der Waals surface area contributed by atoms with Crippen LogP contribution in [-0.4, -0.2) is 48.9 Å².